The van der Waals surface area contributed by atoms with E-state index in [9.17, 15) is 4.79 Å². The van der Waals surface area contributed by atoms with E-state index in [0.717, 1.165) is 0 Å². The lowest BCUT2D eigenvalue weighted by atomic mass is 10.3. The lowest BCUT2D eigenvalue weighted by Crippen LogP contribution is -2.09. The molecule has 1 rings (SSSR count). The summed E-state index contributed by atoms with van der Waals surface area (Å²) in [7, 11) is 0. The molecular formula is C10H9Cl3O3. The predicted molar refractivity (Wildman–Crippen MR) is 63.4 cm³/mol. The molecule has 16 heavy (non-hydrogen) atoms. The van der Waals surface area contributed by atoms with Gasteiger partial charge in [-0.05, 0) is 18.6 Å². The van der Waals surface area contributed by atoms with Gasteiger partial charge in [-0.15, -0.1) is 0 Å². The highest BCUT2D eigenvalue weighted by Crippen LogP contribution is 2.35. The molecule has 0 aromatic heterocycles. The molecule has 1 aromatic rings. The summed E-state index contributed by atoms with van der Waals surface area (Å²) in [6.07, 6.45) is 0.438. The molecule has 0 saturated heterocycles. The van der Waals surface area contributed by atoms with Gasteiger partial charge in [-0.2, -0.15) is 0 Å². The molecule has 0 heterocycles. The maximum absolute atomic E-state index is 11.3. The van der Waals surface area contributed by atoms with Gasteiger partial charge in [-0.1, -0.05) is 34.8 Å². The number of carbonyl (C=O) groups excluding carboxylic acids is 1. The molecule has 0 atom stereocenters. The first kappa shape index (κ1) is 13.6. The van der Waals surface area contributed by atoms with Crippen LogP contribution >= 0.6 is 34.8 Å². The van der Waals surface area contributed by atoms with Crippen LogP contribution in [0.1, 0.15) is 12.8 Å². The zero-order valence-corrected chi connectivity index (χ0v) is 10.4. The van der Waals surface area contributed by atoms with Crippen molar-refractivity contribution >= 4 is 40.8 Å². The van der Waals surface area contributed by atoms with E-state index in [1.807, 2.05) is 0 Å². The van der Waals surface area contributed by atoms with Gasteiger partial charge in [-0.25, -0.2) is 0 Å². The second kappa shape index (κ2) is 6.30. The van der Waals surface area contributed by atoms with Gasteiger partial charge in [0.15, 0.2) is 5.75 Å². The molecule has 0 unspecified atom stereocenters. The van der Waals surface area contributed by atoms with Crippen LogP contribution in [0.15, 0.2) is 12.1 Å². The molecule has 0 aliphatic rings. The Morgan fingerprint density at radius 1 is 1.25 bits per heavy atom. The highest BCUT2D eigenvalue weighted by Gasteiger charge is 2.13. The lowest BCUT2D eigenvalue weighted by molar-refractivity contribution is -0.134. The molecule has 1 N–H and O–H groups in total. The summed E-state index contributed by atoms with van der Waals surface area (Å²) in [5.41, 5.74) is 0. The molecule has 0 radical (unpaired) electrons. The first-order valence-electron chi connectivity index (χ1n) is 4.50. The number of aliphatic hydroxyl groups excluding tert-OH is 1. The van der Waals surface area contributed by atoms with E-state index >= 15 is 0 Å². The minimum absolute atomic E-state index is 0.0722. The second-order valence-electron chi connectivity index (χ2n) is 3.00. The molecule has 0 bridgehead atoms. The van der Waals surface area contributed by atoms with Gasteiger partial charge in [0.05, 0.1) is 10.0 Å². The normalized spacial score (nSPS) is 10.2. The van der Waals surface area contributed by atoms with Crippen molar-refractivity contribution in [3.05, 3.63) is 27.2 Å². The molecule has 3 nitrogen and oxygen atoms in total. The number of esters is 1. The quantitative estimate of drug-likeness (QED) is 0.681. The average Bonchev–Trinajstić information content (AvgIpc) is 2.20. The van der Waals surface area contributed by atoms with Crippen LogP contribution in [-0.2, 0) is 4.79 Å². The van der Waals surface area contributed by atoms with Crippen LogP contribution in [0.25, 0.3) is 0 Å². The summed E-state index contributed by atoms with van der Waals surface area (Å²) in [4.78, 5) is 11.3. The zero-order chi connectivity index (χ0) is 12.1. The maximum atomic E-state index is 11.3. The van der Waals surface area contributed by atoms with Crippen LogP contribution in [0.4, 0.5) is 0 Å². The number of ether oxygens (including phenoxy) is 1. The Bertz CT molecular complexity index is 370. The predicted octanol–water partition coefficient (Wildman–Crippen LogP) is 3.32. The molecule has 0 amide bonds. The third kappa shape index (κ3) is 3.83. The lowest BCUT2D eigenvalue weighted by Gasteiger charge is -2.08. The summed E-state index contributed by atoms with van der Waals surface area (Å²) < 4.78 is 4.96. The molecule has 0 aliphatic heterocycles. The molecular weight excluding hydrogens is 274 g/mol. The Hall–Kier alpha value is -0.480. The van der Waals surface area contributed by atoms with Gasteiger partial charge in [0.1, 0.15) is 0 Å². The average molecular weight is 284 g/mol. The van der Waals surface area contributed by atoms with Gasteiger partial charge < -0.3 is 9.84 Å². The minimum Gasteiger partial charge on any atom is -0.423 e. The van der Waals surface area contributed by atoms with Crippen molar-refractivity contribution in [3.8, 4) is 5.75 Å². The van der Waals surface area contributed by atoms with Crippen molar-refractivity contribution in [2.45, 2.75) is 12.8 Å². The second-order valence-corrected chi connectivity index (χ2v) is 4.25. The summed E-state index contributed by atoms with van der Waals surface area (Å²) in [5, 5.41) is 9.27. The first-order valence-corrected chi connectivity index (χ1v) is 5.64. The fourth-order valence-electron chi connectivity index (χ4n) is 1.01. The topological polar surface area (TPSA) is 46.5 Å². The highest BCUT2D eigenvalue weighted by atomic mass is 35.5. The largest absolute Gasteiger partial charge is 0.423 e. The molecule has 1 aromatic carbocycles. The van der Waals surface area contributed by atoms with Crippen molar-refractivity contribution in [1.29, 1.82) is 0 Å². The summed E-state index contributed by atoms with van der Waals surface area (Å²) in [5.74, 6) is -0.407. The van der Waals surface area contributed by atoms with Crippen molar-refractivity contribution in [2.24, 2.45) is 0 Å². The summed E-state index contributed by atoms with van der Waals surface area (Å²) in [6, 6.07) is 2.87. The smallest absolute Gasteiger partial charge is 0.311 e. The van der Waals surface area contributed by atoms with E-state index in [0.29, 0.717) is 11.4 Å². The molecule has 0 aliphatic carbocycles. The van der Waals surface area contributed by atoms with Crippen LogP contribution in [0.2, 0.25) is 15.1 Å². The minimum atomic E-state index is -0.500. The molecule has 88 valence electrons. The van der Waals surface area contributed by atoms with Crippen LogP contribution in [0.5, 0.6) is 5.75 Å². The maximum Gasteiger partial charge on any atom is 0.311 e. The Labute approximate surface area is 108 Å². The van der Waals surface area contributed by atoms with Gasteiger partial charge in [0.2, 0.25) is 0 Å². The van der Waals surface area contributed by atoms with Crippen LogP contribution in [0, 0.1) is 0 Å². The third-order valence-corrected chi connectivity index (χ3v) is 2.50. The first-order chi connectivity index (χ1) is 7.54. The SMILES string of the molecule is O=C(CCCO)Oc1c(Cl)cc(Cl)cc1Cl. The van der Waals surface area contributed by atoms with Crippen LogP contribution in [-0.4, -0.2) is 17.7 Å². The molecule has 0 saturated carbocycles. The van der Waals surface area contributed by atoms with E-state index in [-0.39, 0.29) is 28.8 Å². The van der Waals surface area contributed by atoms with Crippen molar-refractivity contribution in [2.75, 3.05) is 6.61 Å². The molecule has 6 heteroatoms. The van der Waals surface area contributed by atoms with E-state index in [1.165, 1.54) is 12.1 Å². The number of benzene rings is 1. The fourth-order valence-corrected chi connectivity index (χ4v) is 1.91. The Balaban J connectivity index is 2.77. The van der Waals surface area contributed by atoms with E-state index in [4.69, 9.17) is 44.6 Å². The number of carbonyl (C=O) groups is 1. The third-order valence-electron chi connectivity index (χ3n) is 1.72. The molecule has 0 spiro atoms. The van der Waals surface area contributed by atoms with Gasteiger partial charge >= 0.3 is 5.97 Å². The number of hydrogen-bond donors (Lipinski definition) is 1. The van der Waals surface area contributed by atoms with Gasteiger partial charge in [-0.3, -0.25) is 4.79 Å². The van der Waals surface area contributed by atoms with Gasteiger partial charge in [0, 0.05) is 18.1 Å². The van der Waals surface area contributed by atoms with Crippen molar-refractivity contribution < 1.29 is 14.6 Å². The monoisotopic (exact) mass is 282 g/mol. The summed E-state index contributed by atoms with van der Waals surface area (Å²) in [6.45, 7) is -0.0722. The Morgan fingerprint density at radius 3 is 2.31 bits per heavy atom. The number of hydrogen-bond acceptors (Lipinski definition) is 3. The number of aliphatic hydroxyl groups is 1. The Kier molecular flexibility index (Phi) is 5.35. The fraction of sp³-hybridized carbons (Fsp3) is 0.300. The molecule has 0 fully saturated rings. The van der Waals surface area contributed by atoms with Crippen LogP contribution in [0.3, 0.4) is 0 Å². The van der Waals surface area contributed by atoms with Crippen LogP contribution < -0.4 is 4.74 Å². The van der Waals surface area contributed by atoms with E-state index in [2.05, 4.69) is 0 Å². The van der Waals surface area contributed by atoms with Crippen molar-refractivity contribution in [3.63, 3.8) is 0 Å². The van der Waals surface area contributed by atoms with E-state index in [1.54, 1.807) is 0 Å². The van der Waals surface area contributed by atoms with Gasteiger partial charge in [0.25, 0.3) is 0 Å². The summed E-state index contributed by atoms with van der Waals surface area (Å²) >= 11 is 17.3. The Morgan fingerprint density at radius 2 is 1.81 bits per heavy atom. The number of rotatable bonds is 4. The standard InChI is InChI=1S/C10H9Cl3O3/c11-6-4-7(12)10(8(13)5-6)16-9(15)2-1-3-14/h4-5,14H,1-3H2. The van der Waals surface area contributed by atoms with E-state index < -0.39 is 5.97 Å². The zero-order valence-electron chi connectivity index (χ0n) is 8.17. The van der Waals surface area contributed by atoms with Crippen molar-refractivity contribution in [1.82, 2.24) is 0 Å². The number of halogens is 3. The highest BCUT2D eigenvalue weighted by molar-refractivity contribution is 6.40.